The van der Waals surface area contributed by atoms with E-state index in [0.29, 0.717) is 6.54 Å². The van der Waals surface area contributed by atoms with E-state index in [-0.39, 0.29) is 5.97 Å². The fourth-order valence-electron chi connectivity index (χ4n) is 1.58. The third-order valence-electron chi connectivity index (χ3n) is 2.35. The van der Waals surface area contributed by atoms with Crippen LogP contribution in [0.2, 0.25) is 0 Å². The zero-order valence-corrected chi connectivity index (χ0v) is 9.15. The number of rotatable bonds is 3. The van der Waals surface area contributed by atoms with E-state index in [9.17, 15) is 4.79 Å². The number of methoxy groups -OCH3 is 1. The Balaban J connectivity index is 2.67. The summed E-state index contributed by atoms with van der Waals surface area (Å²) >= 11 is 1.76. The van der Waals surface area contributed by atoms with Crippen molar-refractivity contribution in [1.82, 2.24) is 5.32 Å². The predicted octanol–water partition coefficient (Wildman–Crippen LogP) is 0.648. The molecule has 1 N–H and O–H groups in total. The first kappa shape index (κ1) is 11.4. The van der Waals surface area contributed by atoms with Gasteiger partial charge in [-0.1, -0.05) is 5.92 Å². The number of carbonyl (C=O) groups excluding carboxylic acids is 1. The van der Waals surface area contributed by atoms with E-state index in [1.807, 2.05) is 0 Å². The van der Waals surface area contributed by atoms with Crippen molar-refractivity contribution < 1.29 is 9.53 Å². The van der Waals surface area contributed by atoms with Crippen LogP contribution < -0.4 is 5.32 Å². The minimum absolute atomic E-state index is 0.194. The fraction of sp³-hybridized carbons (Fsp3) is 0.700. The van der Waals surface area contributed by atoms with Crippen molar-refractivity contribution >= 4 is 17.7 Å². The number of hydrogen-bond acceptors (Lipinski definition) is 4. The highest BCUT2D eigenvalue weighted by Gasteiger charge is 2.40. The highest BCUT2D eigenvalue weighted by atomic mass is 32.2. The topological polar surface area (TPSA) is 38.3 Å². The molecule has 1 saturated heterocycles. The van der Waals surface area contributed by atoms with Gasteiger partial charge >= 0.3 is 5.97 Å². The Morgan fingerprint density at radius 1 is 1.79 bits per heavy atom. The van der Waals surface area contributed by atoms with E-state index in [0.717, 1.165) is 24.3 Å². The summed E-state index contributed by atoms with van der Waals surface area (Å²) in [5, 5.41) is 3.10. The van der Waals surface area contributed by atoms with Gasteiger partial charge in [-0.25, -0.2) is 0 Å². The third-order valence-corrected chi connectivity index (χ3v) is 3.62. The van der Waals surface area contributed by atoms with E-state index in [1.54, 1.807) is 11.8 Å². The zero-order valence-electron chi connectivity index (χ0n) is 8.34. The van der Waals surface area contributed by atoms with Gasteiger partial charge in [0.2, 0.25) is 0 Å². The van der Waals surface area contributed by atoms with Crippen molar-refractivity contribution in [1.29, 1.82) is 0 Å². The molecule has 3 nitrogen and oxygen atoms in total. The Morgan fingerprint density at radius 2 is 2.57 bits per heavy atom. The number of thioether (sulfide) groups is 1. The third kappa shape index (κ3) is 2.43. The van der Waals surface area contributed by atoms with Crippen LogP contribution in [0.15, 0.2) is 0 Å². The Labute approximate surface area is 89.0 Å². The maximum absolute atomic E-state index is 11.6. The van der Waals surface area contributed by atoms with Crippen LogP contribution in [0.4, 0.5) is 0 Å². The molecular formula is C10H15NO2S. The van der Waals surface area contributed by atoms with Crippen molar-refractivity contribution in [3.63, 3.8) is 0 Å². The molecule has 1 rings (SSSR count). The Hall–Kier alpha value is -0.660. The number of hydrogen-bond donors (Lipinski definition) is 1. The van der Waals surface area contributed by atoms with Crippen molar-refractivity contribution in [2.45, 2.75) is 18.4 Å². The molecule has 0 spiro atoms. The van der Waals surface area contributed by atoms with Gasteiger partial charge in [-0.05, 0) is 18.6 Å². The molecule has 1 atom stereocenters. The van der Waals surface area contributed by atoms with Crippen molar-refractivity contribution in [2.24, 2.45) is 0 Å². The average Bonchev–Trinajstić information content (AvgIpc) is 2.26. The monoisotopic (exact) mass is 213 g/mol. The Kier molecular flexibility index (Phi) is 4.30. The number of carbonyl (C=O) groups is 1. The van der Waals surface area contributed by atoms with Gasteiger partial charge in [-0.2, -0.15) is 11.8 Å². The van der Waals surface area contributed by atoms with Gasteiger partial charge < -0.3 is 4.74 Å². The summed E-state index contributed by atoms with van der Waals surface area (Å²) in [5.41, 5.74) is -0.552. The number of nitrogens with one attached hydrogen (secondary N) is 1. The number of ether oxygens (including phenoxy) is 1. The van der Waals surface area contributed by atoms with Crippen LogP contribution >= 0.6 is 11.8 Å². The summed E-state index contributed by atoms with van der Waals surface area (Å²) in [7, 11) is 1.42. The number of terminal acetylenes is 1. The van der Waals surface area contributed by atoms with Crippen LogP contribution in [-0.4, -0.2) is 36.7 Å². The molecule has 4 heteroatoms. The minimum Gasteiger partial charge on any atom is -0.468 e. The van der Waals surface area contributed by atoms with Gasteiger partial charge in [0.1, 0.15) is 5.54 Å². The lowest BCUT2D eigenvalue weighted by molar-refractivity contribution is -0.147. The largest absolute Gasteiger partial charge is 0.468 e. The lowest BCUT2D eigenvalue weighted by atomic mass is 9.95. The molecule has 0 aromatic heterocycles. The van der Waals surface area contributed by atoms with Crippen LogP contribution in [-0.2, 0) is 9.53 Å². The maximum atomic E-state index is 11.6. The summed E-state index contributed by atoms with van der Waals surface area (Å²) in [4.78, 5) is 11.6. The molecule has 1 heterocycles. The van der Waals surface area contributed by atoms with Crippen LogP contribution in [0.5, 0.6) is 0 Å². The van der Waals surface area contributed by atoms with Crippen molar-refractivity contribution in [3.8, 4) is 12.3 Å². The van der Waals surface area contributed by atoms with E-state index in [2.05, 4.69) is 11.2 Å². The predicted molar refractivity (Wildman–Crippen MR) is 58.1 cm³/mol. The molecule has 0 aliphatic carbocycles. The highest BCUT2D eigenvalue weighted by molar-refractivity contribution is 7.99. The molecule has 78 valence electrons. The molecular weight excluding hydrogens is 198 g/mol. The second-order valence-corrected chi connectivity index (χ2v) is 4.39. The molecule has 0 aromatic carbocycles. The molecule has 1 unspecified atom stereocenters. The van der Waals surface area contributed by atoms with Crippen molar-refractivity contribution in [3.05, 3.63) is 0 Å². The first-order valence-electron chi connectivity index (χ1n) is 4.60. The van der Waals surface area contributed by atoms with Gasteiger partial charge in [0, 0.05) is 5.75 Å². The quantitative estimate of drug-likeness (QED) is 0.552. The first-order valence-corrected chi connectivity index (χ1v) is 5.75. The molecule has 0 aromatic rings. The molecule has 1 aliphatic heterocycles. The molecule has 1 aliphatic rings. The molecule has 0 amide bonds. The SMILES string of the molecule is C#CCNC1(C(=O)OC)CCCSC1. The fourth-order valence-corrected chi connectivity index (χ4v) is 2.79. The summed E-state index contributed by atoms with van der Waals surface area (Å²) < 4.78 is 4.81. The lowest BCUT2D eigenvalue weighted by Gasteiger charge is -2.34. The van der Waals surface area contributed by atoms with Gasteiger partial charge in [-0.15, -0.1) is 6.42 Å². The number of esters is 1. The summed E-state index contributed by atoms with van der Waals surface area (Å²) in [6, 6.07) is 0. The van der Waals surface area contributed by atoms with E-state index >= 15 is 0 Å². The maximum Gasteiger partial charge on any atom is 0.326 e. The van der Waals surface area contributed by atoms with E-state index in [4.69, 9.17) is 11.2 Å². The molecule has 0 radical (unpaired) electrons. The summed E-state index contributed by atoms with van der Waals surface area (Å²) in [6.45, 7) is 0.412. The Morgan fingerprint density at radius 3 is 3.07 bits per heavy atom. The van der Waals surface area contributed by atoms with Gasteiger partial charge in [0.15, 0.2) is 0 Å². The van der Waals surface area contributed by atoms with Gasteiger partial charge in [0.25, 0.3) is 0 Å². The Bertz CT molecular complexity index is 241. The normalized spacial score (nSPS) is 26.6. The van der Waals surface area contributed by atoms with Crippen molar-refractivity contribution in [2.75, 3.05) is 25.2 Å². The smallest absolute Gasteiger partial charge is 0.326 e. The molecule has 0 saturated carbocycles. The van der Waals surface area contributed by atoms with Gasteiger partial charge in [-0.3, -0.25) is 10.1 Å². The van der Waals surface area contributed by atoms with Gasteiger partial charge in [0.05, 0.1) is 13.7 Å². The molecule has 0 bridgehead atoms. The second-order valence-electron chi connectivity index (χ2n) is 3.29. The standard InChI is InChI=1S/C10H15NO2S/c1-3-6-11-10(9(12)13-2)5-4-7-14-8-10/h1,11H,4-8H2,2H3. The van der Waals surface area contributed by atoms with E-state index in [1.165, 1.54) is 7.11 Å². The molecule has 1 fully saturated rings. The zero-order chi connectivity index (χ0) is 10.4. The average molecular weight is 213 g/mol. The summed E-state index contributed by atoms with van der Waals surface area (Å²) in [5.74, 6) is 4.16. The van der Waals surface area contributed by atoms with E-state index < -0.39 is 5.54 Å². The second kappa shape index (κ2) is 5.28. The van der Waals surface area contributed by atoms with Crippen LogP contribution in [0, 0.1) is 12.3 Å². The first-order chi connectivity index (χ1) is 6.75. The summed E-state index contributed by atoms with van der Waals surface area (Å²) in [6.07, 6.45) is 7.01. The minimum atomic E-state index is -0.552. The highest BCUT2D eigenvalue weighted by Crippen LogP contribution is 2.27. The molecule has 14 heavy (non-hydrogen) atoms. The lowest BCUT2D eigenvalue weighted by Crippen LogP contribution is -2.56. The van der Waals surface area contributed by atoms with Crippen LogP contribution in [0.25, 0.3) is 0 Å². The van der Waals surface area contributed by atoms with Crippen LogP contribution in [0.3, 0.4) is 0 Å². The van der Waals surface area contributed by atoms with Crippen LogP contribution in [0.1, 0.15) is 12.8 Å².